The molecular weight excluding hydrogens is 170 g/mol. The fourth-order valence-corrected chi connectivity index (χ4v) is 1.08. The van der Waals surface area contributed by atoms with Crippen LogP contribution < -0.4 is 0 Å². The summed E-state index contributed by atoms with van der Waals surface area (Å²) in [5, 5.41) is 0. The largest absolute Gasteiger partial charge is 0.293 e. The second-order valence-electron chi connectivity index (χ2n) is 3.08. The van der Waals surface area contributed by atoms with E-state index < -0.39 is 0 Å². The van der Waals surface area contributed by atoms with Gasteiger partial charge < -0.3 is 0 Å². The quantitative estimate of drug-likeness (QED) is 0.464. The van der Waals surface area contributed by atoms with Gasteiger partial charge in [-0.25, -0.2) is 0 Å². The highest BCUT2D eigenvalue weighted by atomic mass is 16.2. The number of hydrogen-bond acceptors (Lipinski definition) is 3. The van der Waals surface area contributed by atoms with Gasteiger partial charge in [0.25, 0.3) is 0 Å². The Balaban J connectivity index is 2.63. The van der Waals surface area contributed by atoms with Crippen molar-refractivity contribution in [1.82, 2.24) is 4.90 Å². The first kappa shape index (κ1) is 9.64. The molecule has 1 aliphatic heterocycles. The first-order valence-corrected chi connectivity index (χ1v) is 4.04. The zero-order valence-corrected chi connectivity index (χ0v) is 7.50. The van der Waals surface area contributed by atoms with Crippen LogP contribution in [0.2, 0.25) is 0 Å². The van der Waals surface area contributed by atoms with E-state index in [1.165, 1.54) is 0 Å². The summed E-state index contributed by atoms with van der Waals surface area (Å²) in [5.41, 5.74) is 0.368. The van der Waals surface area contributed by atoms with Gasteiger partial charge in [0, 0.05) is 12.8 Å². The highest BCUT2D eigenvalue weighted by Gasteiger charge is 2.30. The van der Waals surface area contributed by atoms with Crippen LogP contribution in [0.15, 0.2) is 12.2 Å². The van der Waals surface area contributed by atoms with Gasteiger partial charge >= 0.3 is 0 Å². The van der Waals surface area contributed by atoms with E-state index in [1.54, 1.807) is 6.92 Å². The number of likely N-dealkylation sites (tertiary alicyclic amines) is 1. The number of ketones is 1. The molecule has 1 rings (SSSR count). The smallest absolute Gasteiger partial charge is 0.230 e. The normalized spacial score (nSPS) is 16.5. The van der Waals surface area contributed by atoms with Crippen molar-refractivity contribution in [2.45, 2.75) is 19.8 Å². The Morgan fingerprint density at radius 1 is 1.38 bits per heavy atom. The Morgan fingerprint density at radius 3 is 2.23 bits per heavy atom. The fourth-order valence-electron chi connectivity index (χ4n) is 1.08. The van der Waals surface area contributed by atoms with Gasteiger partial charge in [-0.2, -0.15) is 0 Å². The third kappa shape index (κ3) is 2.02. The average molecular weight is 181 g/mol. The zero-order valence-electron chi connectivity index (χ0n) is 7.50. The van der Waals surface area contributed by atoms with E-state index in [0.717, 1.165) is 4.90 Å². The van der Waals surface area contributed by atoms with E-state index >= 15 is 0 Å². The fraction of sp³-hybridized carbons (Fsp3) is 0.444. The van der Waals surface area contributed by atoms with Crippen LogP contribution in [-0.2, 0) is 14.4 Å². The Hall–Kier alpha value is -1.45. The minimum Gasteiger partial charge on any atom is -0.293 e. The van der Waals surface area contributed by atoms with Crippen LogP contribution in [0.3, 0.4) is 0 Å². The van der Waals surface area contributed by atoms with E-state index in [2.05, 4.69) is 6.58 Å². The van der Waals surface area contributed by atoms with Crippen molar-refractivity contribution in [3.8, 4) is 0 Å². The van der Waals surface area contributed by atoms with Gasteiger partial charge in [0.2, 0.25) is 11.8 Å². The van der Waals surface area contributed by atoms with Crippen molar-refractivity contribution in [3.63, 3.8) is 0 Å². The number of Topliss-reactive ketones (excluding diaryl/α,β-unsaturated/α-hetero) is 1. The second-order valence-corrected chi connectivity index (χ2v) is 3.08. The molecule has 1 aliphatic rings. The van der Waals surface area contributed by atoms with Gasteiger partial charge in [-0.15, -0.1) is 0 Å². The summed E-state index contributed by atoms with van der Waals surface area (Å²) in [5.74, 6) is -0.789. The zero-order chi connectivity index (χ0) is 10.0. The minimum atomic E-state index is -0.264. The summed E-state index contributed by atoms with van der Waals surface area (Å²) >= 11 is 0. The third-order valence-electron chi connectivity index (χ3n) is 1.93. The molecule has 1 heterocycles. The molecule has 70 valence electrons. The SMILES string of the molecule is C=C(C)C(=O)CN1C(=O)CCC1=O. The Bertz CT molecular complexity index is 277. The number of nitrogens with zero attached hydrogens (tertiary/aromatic N) is 1. The van der Waals surface area contributed by atoms with E-state index in [4.69, 9.17) is 0 Å². The average Bonchev–Trinajstić information content (AvgIpc) is 2.35. The van der Waals surface area contributed by atoms with Gasteiger partial charge in [-0.3, -0.25) is 19.3 Å². The monoisotopic (exact) mass is 181 g/mol. The molecule has 4 nitrogen and oxygen atoms in total. The van der Waals surface area contributed by atoms with Gasteiger partial charge in [-0.1, -0.05) is 6.58 Å². The first-order chi connectivity index (χ1) is 6.02. The molecule has 2 amide bonds. The summed E-state index contributed by atoms with van der Waals surface area (Å²) in [6.07, 6.45) is 0.449. The lowest BCUT2D eigenvalue weighted by molar-refractivity contribution is -0.141. The number of carbonyl (C=O) groups excluding carboxylic acids is 3. The molecule has 13 heavy (non-hydrogen) atoms. The predicted octanol–water partition coefficient (Wildman–Crippen LogP) is 0.281. The van der Waals surface area contributed by atoms with Gasteiger partial charge in [0.1, 0.15) is 0 Å². The number of rotatable bonds is 3. The molecule has 0 atom stereocenters. The van der Waals surface area contributed by atoms with E-state index in [0.29, 0.717) is 5.57 Å². The van der Waals surface area contributed by atoms with Crippen LogP contribution in [0.5, 0.6) is 0 Å². The first-order valence-electron chi connectivity index (χ1n) is 4.04. The Labute approximate surface area is 76.2 Å². The van der Waals surface area contributed by atoms with Crippen LogP contribution in [0.25, 0.3) is 0 Å². The van der Waals surface area contributed by atoms with Crippen LogP contribution in [0.1, 0.15) is 19.8 Å². The molecule has 1 saturated heterocycles. The Kier molecular flexibility index (Phi) is 2.60. The van der Waals surface area contributed by atoms with E-state index in [1.807, 2.05) is 0 Å². The molecule has 0 N–H and O–H groups in total. The van der Waals surface area contributed by atoms with Crippen molar-refractivity contribution in [2.24, 2.45) is 0 Å². The van der Waals surface area contributed by atoms with Gasteiger partial charge in [-0.05, 0) is 12.5 Å². The van der Waals surface area contributed by atoms with Crippen molar-refractivity contribution in [3.05, 3.63) is 12.2 Å². The van der Waals surface area contributed by atoms with Gasteiger partial charge in [0.15, 0.2) is 5.78 Å². The molecule has 0 unspecified atom stereocenters. The molecule has 0 aromatic carbocycles. The number of carbonyl (C=O) groups is 3. The Morgan fingerprint density at radius 2 is 1.85 bits per heavy atom. The maximum atomic E-state index is 11.1. The van der Waals surface area contributed by atoms with Crippen LogP contribution >= 0.6 is 0 Å². The highest BCUT2D eigenvalue weighted by Crippen LogP contribution is 2.11. The van der Waals surface area contributed by atoms with Crippen molar-refractivity contribution < 1.29 is 14.4 Å². The molecule has 0 bridgehead atoms. The molecule has 0 aromatic rings. The molecule has 0 aromatic heterocycles. The molecule has 1 fully saturated rings. The maximum Gasteiger partial charge on any atom is 0.230 e. The molecule has 0 aliphatic carbocycles. The second kappa shape index (κ2) is 3.51. The van der Waals surface area contributed by atoms with Crippen molar-refractivity contribution in [1.29, 1.82) is 0 Å². The maximum absolute atomic E-state index is 11.1. The molecule has 0 saturated carbocycles. The summed E-state index contributed by atoms with van der Waals surface area (Å²) in [4.78, 5) is 34.3. The van der Waals surface area contributed by atoms with Crippen molar-refractivity contribution >= 4 is 17.6 Å². The van der Waals surface area contributed by atoms with Crippen LogP contribution in [-0.4, -0.2) is 29.0 Å². The topological polar surface area (TPSA) is 54.5 Å². The van der Waals surface area contributed by atoms with Crippen LogP contribution in [0.4, 0.5) is 0 Å². The number of imide groups is 1. The third-order valence-corrected chi connectivity index (χ3v) is 1.93. The lowest BCUT2D eigenvalue weighted by atomic mass is 10.2. The standard InChI is InChI=1S/C9H11NO3/c1-6(2)7(11)5-10-8(12)3-4-9(10)13/h1,3-5H2,2H3. The predicted molar refractivity (Wildman–Crippen MR) is 45.8 cm³/mol. The minimum absolute atomic E-state index is 0.146. The number of amides is 2. The number of hydrogen-bond donors (Lipinski definition) is 0. The summed E-state index contributed by atoms with van der Waals surface area (Å²) in [6, 6.07) is 0. The lowest BCUT2D eigenvalue weighted by Crippen LogP contribution is -2.34. The highest BCUT2D eigenvalue weighted by molar-refractivity contribution is 6.07. The summed E-state index contributed by atoms with van der Waals surface area (Å²) in [7, 11) is 0. The van der Waals surface area contributed by atoms with E-state index in [9.17, 15) is 14.4 Å². The molecular formula is C9H11NO3. The summed E-state index contributed by atoms with van der Waals surface area (Å²) < 4.78 is 0. The lowest BCUT2D eigenvalue weighted by Gasteiger charge is -2.11. The molecule has 0 spiro atoms. The van der Waals surface area contributed by atoms with E-state index in [-0.39, 0.29) is 37.0 Å². The molecule has 4 heteroatoms. The summed E-state index contributed by atoms with van der Waals surface area (Å²) in [6.45, 7) is 4.87. The molecule has 0 radical (unpaired) electrons. The van der Waals surface area contributed by atoms with Crippen LogP contribution in [0, 0.1) is 0 Å². The van der Waals surface area contributed by atoms with Gasteiger partial charge in [0.05, 0.1) is 6.54 Å². The van der Waals surface area contributed by atoms with Crippen molar-refractivity contribution in [2.75, 3.05) is 6.54 Å².